The second-order valence-corrected chi connectivity index (χ2v) is 19.2. The standard InChI is InChI=1S/C44H33F3N2O4S3/c1-42(2)38-23-11-7-9-13-34(23)54-40(38)26-18-28-32(20-30(26)48(42)5)53-33-21-31-27(41-39(43(3,4)49(31)6)24-12-8-10-14-35(24)55-41)19-29(33)37(28)25-16-15-22(44(45,46)47)17-36(25)56(50,51)52/h7-21H,1-6H3. The zero-order valence-electron chi connectivity index (χ0n) is 31.0. The van der Waals surface area contributed by atoms with Crippen LogP contribution in [0.25, 0.3) is 46.6 Å². The molecule has 0 bridgehead atoms. The van der Waals surface area contributed by atoms with E-state index in [0.717, 1.165) is 75.4 Å². The Labute approximate surface area is 328 Å². The highest BCUT2D eigenvalue weighted by Crippen LogP contribution is 2.56. The molecule has 2 aromatic heterocycles. The van der Waals surface area contributed by atoms with Crippen LogP contribution in [-0.2, 0) is 27.4 Å². The van der Waals surface area contributed by atoms with Gasteiger partial charge in [0.15, 0.2) is 5.54 Å². The van der Waals surface area contributed by atoms with Crippen molar-refractivity contribution < 1.29 is 30.9 Å². The normalized spacial score (nSPS) is 16.5. The van der Waals surface area contributed by atoms with E-state index in [1.165, 1.54) is 0 Å². The lowest BCUT2D eigenvalue weighted by atomic mass is 9.81. The molecule has 56 heavy (non-hydrogen) atoms. The summed E-state index contributed by atoms with van der Waals surface area (Å²) >= 11 is 3.31. The summed E-state index contributed by atoms with van der Waals surface area (Å²) in [6, 6.07) is 26.6. The molecular formula is C44H33F3N2O4S3. The van der Waals surface area contributed by atoms with Crippen molar-refractivity contribution >= 4 is 64.2 Å². The van der Waals surface area contributed by atoms with Gasteiger partial charge in [-0.15, -0.1) is 22.7 Å². The molecule has 0 amide bonds. The van der Waals surface area contributed by atoms with E-state index < -0.39 is 37.8 Å². The number of nitrogens with zero attached hydrogens (tertiary/aromatic N) is 2. The van der Waals surface area contributed by atoms with Gasteiger partial charge in [-0.25, -0.2) is 13.0 Å². The number of ether oxygens (including phenoxy) is 1. The molecule has 5 aromatic carbocycles. The van der Waals surface area contributed by atoms with E-state index in [4.69, 9.17) is 4.74 Å². The summed E-state index contributed by atoms with van der Waals surface area (Å²) in [6.45, 7) is 8.67. The first-order chi connectivity index (χ1) is 26.4. The molecule has 0 radical (unpaired) electrons. The number of fused-ring (bicyclic) bond motifs is 12. The summed E-state index contributed by atoms with van der Waals surface area (Å²) in [7, 11) is -1.36. The second-order valence-electron chi connectivity index (χ2n) is 15.7. The second kappa shape index (κ2) is 11.3. The first-order valence-corrected chi connectivity index (χ1v) is 21.0. The van der Waals surface area contributed by atoms with E-state index in [1.54, 1.807) is 22.7 Å². The first kappa shape index (κ1) is 35.4. The van der Waals surface area contributed by atoms with Gasteiger partial charge in [-0.1, -0.05) is 42.5 Å². The van der Waals surface area contributed by atoms with Crippen molar-refractivity contribution in [1.29, 1.82) is 0 Å². The van der Waals surface area contributed by atoms with Gasteiger partial charge in [0, 0.05) is 90.9 Å². The van der Waals surface area contributed by atoms with Crippen LogP contribution >= 0.6 is 22.7 Å². The van der Waals surface area contributed by atoms with Gasteiger partial charge >= 0.3 is 6.18 Å². The Bertz CT molecular complexity index is 3180. The predicted molar refractivity (Wildman–Crippen MR) is 216 cm³/mol. The zero-order chi connectivity index (χ0) is 39.4. The maximum atomic E-state index is 14.1. The Morgan fingerprint density at radius 2 is 1.38 bits per heavy atom. The van der Waals surface area contributed by atoms with Crippen LogP contribution in [0.2, 0.25) is 0 Å². The third-order valence-electron chi connectivity index (χ3n) is 12.1. The molecule has 0 unspecified atom stereocenters. The number of thiophene rings is 2. The van der Waals surface area contributed by atoms with Crippen molar-refractivity contribution in [1.82, 2.24) is 4.58 Å². The molecule has 0 N–H and O–H groups in total. The van der Waals surface area contributed by atoms with Crippen LogP contribution in [0.4, 0.5) is 18.9 Å². The highest BCUT2D eigenvalue weighted by atomic mass is 32.2. The molecule has 3 aliphatic rings. The molecule has 282 valence electrons. The molecule has 12 heteroatoms. The Kier molecular flexibility index (Phi) is 7.15. The van der Waals surface area contributed by atoms with Gasteiger partial charge < -0.3 is 14.2 Å². The number of benzene rings is 5. The topological polar surface area (TPSA) is 72.7 Å². The third-order valence-corrected chi connectivity index (χ3v) is 15.4. The summed E-state index contributed by atoms with van der Waals surface area (Å²) in [6.07, 6.45) is -4.88. The van der Waals surface area contributed by atoms with Crippen molar-refractivity contribution in [2.24, 2.45) is 0 Å². The fourth-order valence-corrected chi connectivity index (χ4v) is 12.4. The van der Waals surface area contributed by atoms with Crippen LogP contribution in [-0.4, -0.2) is 27.1 Å². The molecule has 5 heterocycles. The maximum absolute atomic E-state index is 14.1. The van der Waals surface area contributed by atoms with Gasteiger partial charge in [-0.3, -0.25) is 0 Å². The summed E-state index contributed by atoms with van der Waals surface area (Å²) in [4.78, 5) is 3.31. The summed E-state index contributed by atoms with van der Waals surface area (Å²) in [5.74, 6) is 0.792. The van der Waals surface area contributed by atoms with Gasteiger partial charge in [0.25, 0.3) is 0 Å². The molecule has 0 fully saturated rings. The maximum Gasteiger partial charge on any atom is 0.416 e. The van der Waals surface area contributed by atoms with Gasteiger partial charge in [-0.2, -0.15) is 13.2 Å². The minimum Gasteiger partial charge on any atom is -0.744 e. The highest BCUT2D eigenvalue weighted by molar-refractivity contribution is 7.85. The van der Waals surface area contributed by atoms with E-state index in [0.29, 0.717) is 33.9 Å². The smallest absolute Gasteiger partial charge is 0.416 e. The molecule has 6 nitrogen and oxygen atoms in total. The lowest BCUT2D eigenvalue weighted by Crippen LogP contribution is -2.46. The predicted octanol–water partition coefficient (Wildman–Crippen LogP) is 9.78. The van der Waals surface area contributed by atoms with Gasteiger partial charge in [0.1, 0.15) is 28.7 Å². The lowest BCUT2D eigenvalue weighted by molar-refractivity contribution is -0.137. The number of halogens is 3. The highest BCUT2D eigenvalue weighted by Gasteiger charge is 2.43. The van der Waals surface area contributed by atoms with Crippen LogP contribution in [0.15, 0.2) is 95.9 Å². The van der Waals surface area contributed by atoms with Crippen LogP contribution in [0, 0.1) is 0 Å². The van der Waals surface area contributed by atoms with Crippen LogP contribution in [0.1, 0.15) is 55.5 Å². The quantitative estimate of drug-likeness (QED) is 0.129. The summed E-state index contributed by atoms with van der Waals surface area (Å²) in [5, 5.41) is 3.60. The van der Waals surface area contributed by atoms with Crippen LogP contribution in [0.5, 0.6) is 11.5 Å². The Morgan fingerprint density at radius 1 is 0.750 bits per heavy atom. The Hall–Kier alpha value is -5.01. The van der Waals surface area contributed by atoms with Gasteiger partial charge in [0.05, 0.1) is 32.5 Å². The van der Waals surface area contributed by atoms with E-state index >= 15 is 0 Å². The molecule has 0 aliphatic carbocycles. The average Bonchev–Trinajstić information content (AvgIpc) is 3.74. The summed E-state index contributed by atoms with van der Waals surface area (Å²) < 4.78 is 92.7. The number of hydrogen-bond acceptors (Lipinski definition) is 7. The van der Waals surface area contributed by atoms with Crippen LogP contribution < -0.4 is 24.8 Å². The Morgan fingerprint density at radius 3 is 2.02 bits per heavy atom. The number of anilines is 1. The van der Waals surface area contributed by atoms with Crippen molar-refractivity contribution in [2.75, 3.05) is 19.0 Å². The SMILES string of the molecule is CN1c2cc3c(cc2-c2sc4ccccc4c2C1(C)C)C(c1ccc(C(F)(F)F)cc1S(=O)(=O)[O-])=c1cc2c(cc1O3)=[N+](C)C(C)(C)c1c-2sc2ccccc12. The number of rotatable bonds is 2. The molecule has 0 atom stereocenters. The van der Waals surface area contributed by atoms with E-state index in [1.807, 2.05) is 62.6 Å². The van der Waals surface area contributed by atoms with Crippen molar-refractivity contribution in [3.05, 3.63) is 129 Å². The molecule has 0 saturated heterocycles. The summed E-state index contributed by atoms with van der Waals surface area (Å²) in [5.41, 5.74) is 3.47. The molecule has 0 saturated carbocycles. The molecule has 0 spiro atoms. The lowest BCUT2D eigenvalue weighted by Gasteiger charge is -2.43. The first-order valence-electron chi connectivity index (χ1n) is 18.0. The van der Waals surface area contributed by atoms with Gasteiger partial charge in [0.2, 0.25) is 5.36 Å². The fourth-order valence-electron chi connectivity index (χ4n) is 8.90. The molecular weight excluding hydrogens is 774 g/mol. The minimum absolute atomic E-state index is 0.124. The largest absolute Gasteiger partial charge is 0.744 e. The van der Waals surface area contributed by atoms with E-state index in [-0.39, 0.29) is 5.56 Å². The van der Waals surface area contributed by atoms with E-state index in [9.17, 15) is 26.1 Å². The fraction of sp³-hybridized carbons (Fsp3) is 0.205. The Balaban J connectivity index is 1.36. The van der Waals surface area contributed by atoms with E-state index in [2.05, 4.69) is 61.4 Å². The van der Waals surface area contributed by atoms with Crippen molar-refractivity contribution in [2.45, 2.75) is 49.8 Å². The van der Waals surface area contributed by atoms with Gasteiger partial charge in [-0.05, 0) is 55.6 Å². The zero-order valence-corrected chi connectivity index (χ0v) is 33.5. The third kappa shape index (κ3) is 4.76. The van der Waals surface area contributed by atoms with Crippen LogP contribution in [0.3, 0.4) is 0 Å². The molecule has 10 rings (SSSR count). The minimum atomic E-state index is -5.41. The monoisotopic (exact) mass is 806 g/mol. The molecule has 7 aromatic rings. The van der Waals surface area contributed by atoms with Crippen molar-refractivity contribution in [3.8, 4) is 32.4 Å². The number of alkyl halides is 3. The average molecular weight is 807 g/mol. The number of hydrogen-bond donors (Lipinski definition) is 0. The molecule has 3 aliphatic heterocycles. The van der Waals surface area contributed by atoms with Crippen molar-refractivity contribution in [3.63, 3.8) is 0 Å².